The lowest BCUT2D eigenvalue weighted by Gasteiger charge is -2.22. The van der Waals surface area contributed by atoms with E-state index >= 15 is 0 Å². The molecule has 1 aliphatic heterocycles. The quantitative estimate of drug-likeness (QED) is 0.629. The minimum absolute atomic E-state index is 0.00919. The highest BCUT2D eigenvalue weighted by Crippen LogP contribution is 2.25. The Labute approximate surface area is 135 Å². The summed E-state index contributed by atoms with van der Waals surface area (Å²) in [5, 5.41) is 0. The molecule has 0 bridgehead atoms. The van der Waals surface area contributed by atoms with Crippen molar-refractivity contribution in [1.82, 2.24) is 4.81 Å². The summed E-state index contributed by atoms with van der Waals surface area (Å²) in [5.74, 6) is -0.251. The fourth-order valence-corrected chi connectivity index (χ4v) is 3.02. The average molecular weight is 308 g/mol. The topological polar surface area (TPSA) is 37.4 Å². The van der Waals surface area contributed by atoms with Crippen LogP contribution in [0, 0.1) is 5.82 Å². The SMILES string of the molecule is O=C[B]N1C(=O)CC[C@H]1Cc1ccc(-c2ccccc2F)cc1. The van der Waals surface area contributed by atoms with Crippen LogP contribution < -0.4 is 0 Å². The summed E-state index contributed by atoms with van der Waals surface area (Å²) in [5.41, 5.74) is 2.46. The Morgan fingerprint density at radius 1 is 1.17 bits per heavy atom. The van der Waals surface area contributed by atoms with Gasteiger partial charge in [0.25, 0.3) is 0 Å². The summed E-state index contributed by atoms with van der Waals surface area (Å²) in [6.45, 7) is 0. The van der Waals surface area contributed by atoms with Crippen molar-refractivity contribution in [1.29, 1.82) is 0 Å². The molecule has 2 aromatic rings. The van der Waals surface area contributed by atoms with Crippen molar-refractivity contribution >= 4 is 19.5 Å². The molecule has 115 valence electrons. The van der Waals surface area contributed by atoms with E-state index in [1.54, 1.807) is 12.1 Å². The molecular weight excluding hydrogens is 292 g/mol. The standard InChI is InChI=1S/C18H16BFNO2/c20-17-4-2-1-3-16(17)14-7-5-13(6-8-14)11-15-9-10-18(23)21(15)19-12-22/h1-8,12,15H,9-11H2/t15-/m0/s1. The first-order chi connectivity index (χ1) is 11.2. The number of benzene rings is 2. The Morgan fingerprint density at radius 3 is 2.61 bits per heavy atom. The molecule has 0 aromatic heterocycles. The number of amides is 1. The van der Waals surface area contributed by atoms with Crippen molar-refractivity contribution < 1.29 is 14.0 Å². The maximum atomic E-state index is 13.8. The van der Waals surface area contributed by atoms with E-state index < -0.39 is 0 Å². The van der Waals surface area contributed by atoms with Crippen LogP contribution in [0.25, 0.3) is 11.1 Å². The zero-order valence-electron chi connectivity index (χ0n) is 12.6. The molecular formula is C18H16BFNO2. The van der Waals surface area contributed by atoms with Gasteiger partial charge in [0, 0.05) is 18.0 Å². The smallest absolute Gasteiger partial charge is 0.331 e. The molecule has 1 saturated heterocycles. The largest absolute Gasteiger partial charge is 0.380 e. The van der Waals surface area contributed by atoms with Crippen LogP contribution in [-0.2, 0) is 16.0 Å². The minimum atomic E-state index is -0.242. The van der Waals surface area contributed by atoms with Gasteiger partial charge in [-0.15, -0.1) is 0 Å². The Balaban J connectivity index is 1.74. The molecule has 2 aromatic carbocycles. The molecule has 1 amide bonds. The van der Waals surface area contributed by atoms with Gasteiger partial charge >= 0.3 is 7.41 Å². The lowest BCUT2D eigenvalue weighted by molar-refractivity contribution is -0.124. The van der Waals surface area contributed by atoms with E-state index in [1.165, 1.54) is 18.3 Å². The number of hydrogen-bond donors (Lipinski definition) is 0. The van der Waals surface area contributed by atoms with Crippen LogP contribution >= 0.6 is 0 Å². The summed E-state index contributed by atoms with van der Waals surface area (Å²) < 4.78 is 13.8. The molecule has 5 heteroatoms. The highest BCUT2D eigenvalue weighted by Gasteiger charge is 2.30. The molecule has 1 heterocycles. The van der Waals surface area contributed by atoms with Crippen LogP contribution in [0.2, 0.25) is 0 Å². The monoisotopic (exact) mass is 308 g/mol. The van der Waals surface area contributed by atoms with Gasteiger partial charge in [-0.3, -0.25) is 4.79 Å². The molecule has 0 N–H and O–H groups in total. The molecule has 0 aliphatic carbocycles. The molecule has 0 unspecified atom stereocenters. The third-order valence-electron chi connectivity index (χ3n) is 4.20. The lowest BCUT2D eigenvalue weighted by atomic mass is 9.91. The summed E-state index contributed by atoms with van der Waals surface area (Å²) in [7, 11) is 1.31. The summed E-state index contributed by atoms with van der Waals surface area (Å²) in [6.07, 6.45) is 2.56. The first kappa shape index (κ1) is 15.5. The molecule has 0 saturated carbocycles. The van der Waals surface area contributed by atoms with Crippen molar-refractivity contribution in [2.24, 2.45) is 0 Å². The highest BCUT2D eigenvalue weighted by atomic mass is 19.1. The molecule has 0 spiro atoms. The second-order valence-corrected chi connectivity index (χ2v) is 5.66. The van der Waals surface area contributed by atoms with E-state index in [4.69, 9.17) is 0 Å². The highest BCUT2D eigenvalue weighted by molar-refractivity contribution is 6.66. The fourth-order valence-electron chi connectivity index (χ4n) is 3.02. The van der Waals surface area contributed by atoms with E-state index in [9.17, 15) is 14.0 Å². The van der Waals surface area contributed by atoms with E-state index in [-0.39, 0.29) is 17.8 Å². The van der Waals surface area contributed by atoms with Gasteiger partial charge in [0.1, 0.15) is 12.0 Å². The summed E-state index contributed by atoms with van der Waals surface area (Å²) in [6, 6.07) is 14.4. The van der Waals surface area contributed by atoms with E-state index in [2.05, 4.69) is 0 Å². The maximum absolute atomic E-state index is 13.8. The van der Waals surface area contributed by atoms with Crippen molar-refractivity contribution in [2.75, 3.05) is 0 Å². The molecule has 23 heavy (non-hydrogen) atoms. The maximum Gasteiger partial charge on any atom is 0.331 e. The molecule has 1 aliphatic rings. The normalized spacial score (nSPS) is 17.3. The number of nitrogens with zero attached hydrogens (tertiary/aromatic N) is 1. The van der Waals surface area contributed by atoms with E-state index in [0.717, 1.165) is 17.5 Å². The molecule has 1 radical (unpaired) electrons. The Kier molecular flexibility index (Phi) is 4.56. The van der Waals surface area contributed by atoms with Crippen LogP contribution in [0.3, 0.4) is 0 Å². The summed E-state index contributed by atoms with van der Waals surface area (Å²) in [4.78, 5) is 23.9. The van der Waals surface area contributed by atoms with Gasteiger partial charge in [-0.25, -0.2) is 4.39 Å². The first-order valence-electron chi connectivity index (χ1n) is 7.62. The fraction of sp³-hybridized carbons (Fsp3) is 0.222. The number of hydrogen-bond acceptors (Lipinski definition) is 2. The van der Waals surface area contributed by atoms with Crippen molar-refractivity contribution in [2.45, 2.75) is 25.3 Å². The van der Waals surface area contributed by atoms with E-state index in [0.29, 0.717) is 24.6 Å². The van der Waals surface area contributed by atoms with Gasteiger partial charge in [-0.1, -0.05) is 42.5 Å². The second kappa shape index (κ2) is 6.77. The van der Waals surface area contributed by atoms with Crippen LogP contribution in [-0.4, -0.2) is 30.4 Å². The van der Waals surface area contributed by atoms with Gasteiger partial charge < -0.3 is 9.61 Å². The third kappa shape index (κ3) is 3.34. The van der Waals surface area contributed by atoms with Crippen LogP contribution in [0.15, 0.2) is 48.5 Å². The predicted molar refractivity (Wildman–Crippen MR) is 87.9 cm³/mol. The average Bonchev–Trinajstić information content (AvgIpc) is 2.90. The van der Waals surface area contributed by atoms with Crippen LogP contribution in [0.1, 0.15) is 18.4 Å². The number of carbonyl (C=O) groups is 2. The van der Waals surface area contributed by atoms with Crippen molar-refractivity contribution in [3.8, 4) is 11.1 Å². The predicted octanol–water partition coefficient (Wildman–Crippen LogP) is 2.84. The minimum Gasteiger partial charge on any atom is -0.380 e. The number of rotatable bonds is 5. The van der Waals surface area contributed by atoms with Gasteiger partial charge in [-0.05, 0) is 30.0 Å². The van der Waals surface area contributed by atoms with E-state index in [1.807, 2.05) is 30.3 Å². The summed E-state index contributed by atoms with van der Waals surface area (Å²) >= 11 is 0. The van der Waals surface area contributed by atoms with Gasteiger partial charge in [0.15, 0.2) is 0 Å². The first-order valence-corrected chi connectivity index (χ1v) is 7.62. The lowest BCUT2D eigenvalue weighted by Crippen LogP contribution is -2.38. The zero-order valence-corrected chi connectivity index (χ0v) is 12.6. The second-order valence-electron chi connectivity index (χ2n) is 5.66. The third-order valence-corrected chi connectivity index (χ3v) is 4.20. The molecule has 3 nitrogen and oxygen atoms in total. The Hall–Kier alpha value is -2.43. The Morgan fingerprint density at radius 2 is 1.91 bits per heavy atom. The molecule has 1 fully saturated rings. The van der Waals surface area contributed by atoms with Gasteiger partial charge in [0.05, 0.1) is 0 Å². The Bertz CT molecular complexity index is 717. The van der Waals surface area contributed by atoms with Crippen LogP contribution in [0.5, 0.6) is 0 Å². The van der Waals surface area contributed by atoms with Crippen molar-refractivity contribution in [3.63, 3.8) is 0 Å². The molecule has 3 rings (SSSR count). The van der Waals surface area contributed by atoms with Crippen molar-refractivity contribution in [3.05, 3.63) is 59.9 Å². The zero-order chi connectivity index (χ0) is 16.2. The number of halogens is 1. The number of carbonyl (C=O) groups excluding carboxylic acids is 2. The van der Waals surface area contributed by atoms with Gasteiger partial charge in [0.2, 0.25) is 5.91 Å². The van der Waals surface area contributed by atoms with Crippen LogP contribution in [0.4, 0.5) is 4.39 Å². The molecule has 1 atom stereocenters. The van der Waals surface area contributed by atoms with Gasteiger partial charge in [-0.2, -0.15) is 0 Å².